The predicted octanol–water partition coefficient (Wildman–Crippen LogP) is 5.04. The van der Waals surface area contributed by atoms with E-state index in [0.29, 0.717) is 127 Å². The minimum atomic E-state index is -3.62. The predicted molar refractivity (Wildman–Crippen MR) is 510 cm³/mol. The number of nitrogens with two attached hydrogens (primary N) is 2. The van der Waals surface area contributed by atoms with Gasteiger partial charge in [-0.3, -0.25) is 0 Å². The number of hydrogen-bond acceptors (Lipinski definition) is 29. The van der Waals surface area contributed by atoms with Gasteiger partial charge < -0.3 is 81.7 Å². The molecule has 1 amide bonds. The van der Waals surface area contributed by atoms with E-state index in [1.54, 1.807) is 139 Å². The number of amides is 1. The summed E-state index contributed by atoms with van der Waals surface area (Å²) in [5.41, 5.74) is 17.2. The molecule has 0 bridgehead atoms. The Morgan fingerprint density at radius 1 is 0.493 bits per heavy atom. The molecule has 0 saturated carbocycles. The number of hydrogen-bond donors (Lipinski definition) is 10. The van der Waals surface area contributed by atoms with Crippen molar-refractivity contribution in [3.8, 4) is 22.3 Å². The molecule has 35 nitrogen and oxygen atoms in total. The zero-order chi connectivity index (χ0) is 96.8. The van der Waals surface area contributed by atoms with E-state index in [-0.39, 0.29) is 143 Å². The largest absolute Gasteiger partial charge is 1.00 e. The number of esters is 1. The number of amidine groups is 2. The number of aliphatic carboxylic acids is 1. The summed E-state index contributed by atoms with van der Waals surface area (Å²) in [6.45, 7) is 22.0. The molecule has 9 aliphatic rings. The van der Waals surface area contributed by atoms with E-state index in [9.17, 15) is 66.7 Å². The number of carbonyl (C=O) groups excluding carboxylic acids is 2. The Hall–Kier alpha value is -7.73. The summed E-state index contributed by atoms with van der Waals surface area (Å²) >= 11 is 6.38. The first-order valence-corrected chi connectivity index (χ1v) is 51.9. The average molecular weight is 2100 g/mol. The van der Waals surface area contributed by atoms with Crippen LogP contribution >= 0.6 is 42.5 Å². The van der Waals surface area contributed by atoms with Gasteiger partial charge in [0.2, 0.25) is 40.1 Å². The fourth-order valence-corrected chi connectivity index (χ4v) is 22.4. The van der Waals surface area contributed by atoms with Crippen molar-refractivity contribution in [1.82, 2.24) is 27.4 Å². The van der Waals surface area contributed by atoms with Crippen molar-refractivity contribution in [1.29, 1.82) is 0 Å². The van der Waals surface area contributed by atoms with Crippen LogP contribution in [0.4, 0.5) is 16.2 Å². The van der Waals surface area contributed by atoms with Crippen molar-refractivity contribution in [2.24, 2.45) is 57.0 Å². The van der Waals surface area contributed by atoms with Crippen molar-refractivity contribution in [2.75, 3.05) is 125 Å². The van der Waals surface area contributed by atoms with Crippen molar-refractivity contribution in [2.45, 2.75) is 110 Å². The van der Waals surface area contributed by atoms with E-state index in [4.69, 9.17) is 66.5 Å². The Morgan fingerprint density at radius 3 is 1.16 bits per heavy atom. The van der Waals surface area contributed by atoms with Crippen molar-refractivity contribution in [3.05, 3.63) is 189 Å². The normalized spacial score (nSPS) is 18.2. The third-order valence-electron chi connectivity index (χ3n) is 22.7. The first kappa shape index (κ1) is 112. The molecule has 45 heteroatoms. The summed E-state index contributed by atoms with van der Waals surface area (Å²) in [5, 5.41) is 65.7. The maximum Gasteiger partial charge on any atom is 1.00 e. The molecule has 9 heterocycles. The van der Waals surface area contributed by atoms with Crippen LogP contribution in [-0.2, 0) is 77.5 Å². The van der Waals surface area contributed by atoms with Gasteiger partial charge in [-0.05, 0) is 180 Å². The number of benzene rings is 7. The van der Waals surface area contributed by atoms with Crippen LogP contribution in [0.3, 0.4) is 0 Å². The summed E-state index contributed by atoms with van der Waals surface area (Å²) in [5.74, 6) is -0.0642. The monoisotopic (exact) mass is 2090 g/mol. The molecular weight excluding hydrogens is 1980 g/mol. The van der Waals surface area contributed by atoms with Gasteiger partial charge in [0.25, 0.3) is 9.05 Å². The van der Waals surface area contributed by atoms with Gasteiger partial charge in [-0.1, -0.05) is 105 Å². The Kier molecular flexibility index (Phi) is 39.8. The molecule has 0 unspecified atom stereocenters. The van der Waals surface area contributed by atoms with Crippen LogP contribution in [0.2, 0.25) is 0 Å². The van der Waals surface area contributed by atoms with Gasteiger partial charge in [-0.25, -0.2) is 66.5 Å². The minimum absolute atomic E-state index is 0. The number of nitrogens with zero attached hydrogens (tertiary/aromatic N) is 7. The van der Waals surface area contributed by atoms with Crippen LogP contribution in [0.15, 0.2) is 212 Å². The summed E-state index contributed by atoms with van der Waals surface area (Å²) in [6.07, 6.45) is 3.24. The number of aliphatic imine (C=N–C) groups is 2. The molecule has 0 aromatic heterocycles. The van der Waals surface area contributed by atoms with Gasteiger partial charge >= 0.3 is 44.0 Å². The molecular formula is C89H113BBr2ClLiN10O25S5. The minimum Gasteiger partial charge on any atom is -0.870 e. The van der Waals surface area contributed by atoms with E-state index in [0.717, 1.165) is 39.8 Å². The summed E-state index contributed by atoms with van der Waals surface area (Å²) in [7, 11) is -13.3. The first-order valence-electron chi connectivity index (χ1n) is 42.3. The smallest absolute Gasteiger partial charge is 0.870 e. The number of likely N-dealkylation sites (tertiary alicyclic amines) is 1. The topological polar surface area (TPSA) is 535 Å². The van der Waals surface area contributed by atoms with Crippen LogP contribution in [0.5, 0.6) is 0 Å². The molecule has 0 aliphatic carbocycles. The van der Waals surface area contributed by atoms with Crippen LogP contribution in [0.25, 0.3) is 34.4 Å². The zero-order valence-corrected chi connectivity index (χ0v) is 83.5. The molecule has 13 N–H and O–H groups in total. The molecule has 0 atom stereocenters. The number of ether oxygens (including phenoxy) is 2. The number of carbonyl (C=O) groups is 3. The fraction of sp³-hybridized carbons (Fsp3) is 0.427. The van der Waals surface area contributed by atoms with Crippen molar-refractivity contribution < 1.29 is 135 Å². The molecule has 7 saturated heterocycles. The fourth-order valence-electron chi connectivity index (χ4n) is 13.9. The zero-order valence-electron chi connectivity index (χ0n) is 75.5. The maximum absolute atomic E-state index is 12.9. The van der Waals surface area contributed by atoms with E-state index >= 15 is 0 Å². The van der Waals surface area contributed by atoms with Crippen molar-refractivity contribution in [3.63, 3.8) is 0 Å². The first-order chi connectivity index (χ1) is 62.0. The summed E-state index contributed by atoms with van der Waals surface area (Å²) in [4.78, 5) is 46.2. The van der Waals surface area contributed by atoms with Crippen molar-refractivity contribution >= 4 is 157 Å². The second-order valence-corrected chi connectivity index (χ2v) is 46.8. The molecule has 7 fully saturated rings. The molecule has 0 radical (unpaired) electrons. The molecule has 9 aliphatic heterocycles. The Balaban J connectivity index is 0.000000201. The van der Waals surface area contributed by atoms with E-state index in [2.05, 4.69) is 47.2 Å². The van der Waals surface area contributed by atoms with Crippen LogP contribution in [0.1, 0.15) is 79.4 Å². The van der Waals surface area contributed by atoms with Crippen LogP contribution in [0, 0.1) is 35.5 Å². The van der Waals surface area contributed by atoms with Gasteiger partial charge in [-0.2, -0.15) is 17.2 Å². The van der Waals surface area contributed by atoms with Gasteiger partial charge in [0.15, 0.2) is 0 Å². The molecule has 134 heavy (non-hydrogen) atoms. The summed E-state index contributed by atoms with van der Waals surface area (Å²) in [6, 6.07) is 43.7. The molecule has 7 aromatic carbocycles. The number of carboxylic acids is 1. The Morgan fingerprint density at radius 2 is 0.828 bits per heavy atom. The number of carboxylic acid groups (broad SMARTS) is 1. The van der Waals surface area contributed by atoms with E-state index in [1.807, 2.05) is 78.8 Å². The number of aliphatic hydroxyl groups is 6. The van der Waals surface area contributed by atoms with Gasteiger partial charge in [0.1, 0.15) is 17.3 Å². The number of fused-ring (bicyclic) bond motifs is 2. The third-order valence-corrected chi connectivity index (χ3v) is 32.3. The van der Waals surface area contributed by atoms with Crippen LogP contribution < -0.4 is 41.1 Å². The molecule has 0 spiro atoms. The second kappa shape index (κ2) is 47.8. The maximum atomic E-state index is 12.9. The van der Waals surface area contributed by atoms with Gasteiger partial charge in [0.05, 0.1) is 53.7 Å². The number of sulfonamides is 4. The number of aliphatic hydroxyl groups excluding tert-OH is 6. The molecule has 7 aromatic rings. The average Bonchev–Trinajstić information content (AvgIpc) is 1.50. The van der Waals surface area contributed by atoms with E-state index in [1.165, 1.54) is 29.4 Å². The summed E-state index contributed by atoms with van der Waals surface area (Å²) < 4.78 is 151. The Bertz CT molecular complexity index is 6030. The Labute approximate surface area is 816 Å². The molecule has 16 rings (SSSR count). The third kappa shape index (κ3) is 29.0. The van der Waals surface area contributed by atoms with Gasteiger partial charge in [-0.15, -0.1) is 0 Å². The SMILES string of the molecule is CC(C)(C)OC(=O)N1CC(CO)C1.CC1(C)OB(c2cccc(S(=O)(=O)N3CC(CO)C3)c2)OC1(C)C.CCOC(=O)C1=Cc2ccc(-c3cccc(S(=O)(=O)N4CC(CO)C4)c3)cc2N=C(N)C1.NC1=Nc2cc(-c3cccc(S(=O)(=O)N4CC(CO)C4)c3)ccc2C=C(C(=O)O)C1.O=S(=O)(Cl)c1cccc(Br)c1.O=S(=O)(c1cccc(Br)c1)N1CC(CO)C1.OCC1CNC1.[Li+].[OH-]. The van der Waals surface area contributed by atoms with Crippen LogP contribution in [-0.4, -0.2) is 284 Å². The standard InChI is InChI=1S/C23H25N3O5S.C21H21N3O5S.C16H24BNO5S.C10H12BrNO3S.C9H17NO3.C6H4BrClO2S.C4H9NO.Li.H2O/c1-2-31-23(28)19-8-18-7-6-17(10-21(18)25-22(24)11-19)16-4-3-5-20(9-16)32(29,30)26-12-15(13-26)14-27;22-20-9-17(21(26)27)6-16-5-4-15(8-19(16)23-20)14-2-1-3-18(7-14)30(28,29)24-10-13(11-24)12-25;1-15(2)16(3,4)23-17(22-15)13-6-5-7-14(8-13)24(20,21)18-9-12(10-18)11-19;11-9-2-1-3-10(4-9)16(14,15)12-5-8(6-12)7-13;1-9(2,3)13-8(12)10-4-7(5-10)6-11;7-5-2-1-3-6(4-5)11(8,9)10;6-3-4-1-5-2-4;;/h3-10,15,27H,2,11-14H2,1H3,(H2,24,25);1-8,13,25H,9-12H2,(H2,22,23)(H,26,27);5-8,12,19H,9-11H2,1-4H3;1-4,8,13H,5-7H2;7,11H,4-6H2,1-3H3;1-4H;4-6H,1-3H2;;1H2/q;;;;;;;+1;/p-1. The number of nitrogens with one attached hydrogen (secondary N) is 1. The molecule has 724 valence electrons. The van der Waals surface area contributed by atoms with E-state index < -0.39 is 85.0 Å². The van der Waals surface area contributed by atoms with Gasteiger partial charge in [0, 0.05) is 208 Å². The number of rotatable bonds is 21. The quantitative estimate of drug-likeness (QED) is 0.0256. The second-order valence-electron chi connectivity index (χ2n) is 34.7. The number of halogens is 3.